The highest BCUT2D eigenvalue weighted by Gasteiger charge is 2.17. The summed E-state index contributed by atoms with van der Waals surface area (Å²) in [5.74, 6) is 0.0648. The normalized spacial score (nSPS) is 10.5. The van der Waals surface area contributed by atoms with Crippen molar-refractivity contribution < 1.29 is 4.79 Å². The number of amides is 1. The van der Waals surface area contributed by atoms with Gasteiger partial charge in [-0.15, -0.1) is 0 Å². The fourth-order valence-corrected chi connectivity index (χ4v) is 2.64. The number of rotatable bonds is 4. The Hall–Kier alpha value is -1.80. The first kappa shape index (κ1) is 15.6. The molecule has 0 bridgehead atoms. The SMILES string of the molecule is CCN(CC)C(=O)c1ccccc1-c1cc(Cl)ccc1C. The lowest BCUT2D eigenvalue weighted by atomic mass is 9.95. The Kier molecular flexibility index (Phi) is 5.03. The molecule has 0 fully saturated rings. The molecule has 0 spiro atoms. The van der Waals surface area contributed by atoms with E-state index in [2.05, 4.69) is 0 Å². The highest BCUT2D eigenvalue weighted by atomic mass is 35.5. The third kappa shape index (κ3) is 3.27. The highest BCUT2D eigenvalue weighted by Crippen LogP contribution is 2.30. The molecule has 0 aliphatic heterocycles. The van der Waals surface area contributed by atoms with Crippen molar-refractivity contribution in [3.05, 3.63) is 58.6 Å². The van der Waals surface area contributed by atoms with Crippen molar-refractivity contribution in [3.8, 4) is 11.1 Å². The van der Waals surface area contributed by atoms with Gasteiger partial charge in [0.2, 0.25) is 0 Å². The van der Waals surface area contributed by atoms with Crippen molar-refractivity contribution in [3.63, 3.8) is 0 Å². The molecule has 0 unspecified atom stereocenters. The van der Waals surface area contributed by atoms with E-state index < -0.39 is 0 Å². The van der Waals surface area contributed by atoms with Gasteiger partial charge in [0.05, 0.1) is 0 Å². The van der Waals surface area contributed by atoms with Crippen LogP contribution < -0.4 is 0 Å². The zero-order valence-electron chi connectivity index (χ0n) is 12.7. The van der Waals surface area contributed by atoms with E-state index in [0.717, 1.165) is 22.3 Å². The van der Waals surface area contributed by atoms with Gasteiger partial charge in [-0.25, -0.2) is 0 Å². The van der Waals surface area contributed by atoms with Gasteiger partial charge in [-0.05, 0) is 55.7 Å². The molecule has 1 amide bonds. The Morgan fingerprint density at radius 3 is 2.38 bits per heavy atom. The van der Waals surface area contributed by atoms with Crippen LogP contribution in [0.3, 0.4) is 0 Å². The van der Waals surface area contributed by atoms with E-state index in [9.17, 15) is 4.79 Å². The molecule has 0 aliphatic carbocycles. The summed E-state index contributed by atoms with van der Waals surface area (Å²) in [6.07, 6.45) is 0. The van der Waals surface area contributed by atoms with Crippen LogP contribution in [-0.4, -0.2) is 23.9 Å². The molecule has 21 heavy (non-hydrogen) atoms. The molecule has 0 aliphatic rings. The Morgan fingerprint density at radius 1 is 1.05 bits per heavy atom. The number of carbonyl (C=O) groups is 1. The second kappa shape index (κ2) is 6.77. The Morgan fingerprint density at radius 2 is 1.71 bits per heavy atom. The topological polar surface area (TPSA) is 20.3 Å². The van der Waals surface area contributed by atoms with Gasteiger partial charge in [-0.2, -0.15) is 0 Å². The van der Waals surface area contributed by atoms with Crippen molar-refractivity contribution in [2.75, 3.05) is 13.1 Å². The molecule has 2 rings (SSSR count). The minimum Gasteiger partial charge on any atom is -0.339 e. The van der Waals surface area contributed by atoms with E-state index in [1.54, 1.807) is 0 Å². The molecular formula is C18H20ClNO. The summed E-state index contributed by atoms with van der Waals surface area (Å²) in [5.41, 5.74) is 3.79. The van der Waals surface area contributed by atoms with Gasteiger partial charge in [0, 0.05) is 23.7 Å². The number of benzene rings is 2. The third-order valence-electron chi connectivity index (χ3n) is 3.70. The summed E-state index contributed by atoms with van der Waals surface area (Å²) in [4.78, 5) is 14.5. The maximum Gasteiger partial charge on any atom is 0.254 e. The van der Waals surface area contributed by atoms with Crippen LogP contribution >= 0.6 is 11.6 Å². The minimum atomic E-state index is 0.0648. The van der Waals surface area contributed by atoms with Gasteiger partial charge < -0.3 is 4.90 Å². The quantitative estimate of drug-likeness (QED) is 0.794. The zero-order chi connectivity index (χ0) is 15.4. The molecule has 0 saturated heterocycles. The maximum absolute atomic E-state index is 12.7. The van der Waals surface area contributed by atoms with Gasteiger partial charge >= 0.3 is 0 Å². The van der Waals surface area contributed by atoms with Crippen LogP contribution in [0, 0.1) is 6.92 Å². The monoisotopic (exact) mass is 301 g/mol. The molecule has 2 nitrogen and oxygen atoms in total. The Balaban J connectivity index is 2.56. The summed E-state index contributed by atoms with van der Waals surface area (Å²) >= 11 is 6.12. The van der Waals surface area contributed by atoms with E-state index in [4.69, 9.17) is 11.6 Å². The molecular weight excluding hydrogens is 282 g/mol. The first-order chi connectivity index (χ1) is 10.1. The van der Waals surface area contributed by atoms with Crippen LogP contribution in [0.15, 0.2) is 42.5 Å². The second-order valence-corrected chi connectivity index (χ2v) is 5.42. The molecule has 0 aromatic heterocycles. The van der Waals surface area contributed by atoms with E-state index in [0.29, 0.717) is 18.1 Å². The number of hydrogen-bond acceptors (Lipinski definition) is 1. The van der Waals surface area contributed by atoms with E-state index in [1.165, 1.54) is 0 Å². The fraction of sp³-hybridized carbons (Fsp3) is 0.278. The number of halogens is 1. The summed E-state index contributed by atoms with van der Waals surface area (Å²) in [6.45, 7) is 7.43. The molecule has 0 atom stereocenters. The molecule has 2 aromatic carbocycles. The van der Waals surface area contributed by atoms with Crippen molar-refractivity contribution >= 4 is 17.5 Å². The summed E-state index contributed by atoms with van der Waals surface area (Å²) in [5, 5.41) is 0.681. The summed E-state index contributed by atoms with van der Waals surface area (Å²) in [6, 6.07) is 13.5. The Bertz CT molecular complexity index is 647. The van der Waals surface area contributed by atoms with E-state index in [-0.39, 0.29) is 5.91 Å². The van der Waals surface area contributed by atoms with Crippen molar-refractivity contribution in [2.45, 2.75) is 20.8 Å². The molecule has 2 aromatic rings. The molecule has 0 saturated carbocycles. The average molecular weight is 302 g/mol. The first-order valence-corrected chi connectivity index (χ1v) is 7.61. The predicted octanol–water partition coefficient (Wildman–Crippen LogP) is 4.80. The smallest absolute Gasteiger partial charge is 0.254 e. The van der Waals surface area contributed by atoms with Crippen LogP contribution in [0.2, 0.25) is 5.02 Å². The lowest BCUT2D eigenvalue weighted by Crippen LogP contribution is -2.30. The van der Waals surface area contributed by atoms with Crippen LogP contribution in [0.5, 0.6) is 0 Å². The Labute approximate surface area is 131 Å². The van der Waals surface area contributed by atoms with Crippen LogP contribution in [0.1, 0.15) is 29.8 Å². The first-order valence-electron chi connectivity index (χ1n) is 7.23. The molecule has 3 heteroatoms. The molecule has 0 radical (unpaired) electrons. The van der Waals surface area contributed by atoms with Crippen LogP contribution in [-0.2, 0) is 0 Å². The third-order valence-corrected chi connectivity index (χ3v) is 3.93. The average Bonchev–Trinajstić information content (AvgIpc) is 2.51. The minimum absolute atomic E-state index is 0.0648. The van der Waals surface area contributed by atoms with E-state index >= 15 is 0 Å². The van der Waals surface area contributed by atoms with Crippen molar-refractivity contribution in [1.82, 2.24) is 4.90 Å². The highest BCUT2D eigenvalue weighted by molar-refractivity contribution is 6.31. The fourth-order valence-electron chi connectivity index (χ4n) is 2.47. The lowest BCUT2D eigenvalue weighted by Gasteiger charge is -2.21. The largest absolute Gasteiger partial charge is 0.339 e. The number of nitrogens with zero attached hydrogens (tertiary/aromatic N) is 1. The number of aryl methyl sites for hydroxylation is 1. The van der Waals surface area contributed by atoms with Gasteiger partial charge in [-0.3, -0.25) is 4.79 Å². The van der Waals surface area contributed by atoms with Crippen molar-refractivity contribution in [1.29, 1.82) is 0 Å². The number of hydrogen-bond donors (Lipinski definition) is 0. The van der Waals surface area contributed by atoms with Crippen LogP contribution in [0.25, 0.3) is 11.1 Å². The van der Waals surface area contributed by atoms with Gasteiger partial charge in [0.1, 0.15) is 0 Å². The van der Waals surface area contributed by atoms with Gasteiger partial charge in [0.15, 0.2) is 0 Å². The number of carbonyl (C=O) groups excluding carboxylic acids is 1. The second-order valence-electron chi connectivity index (χ2n) is 4.98. The summed E-state index contributed by atoms with van der Waals surface area (Å²) < 4.78 is 0. The lowest BCUT2D eigenvalue weighted by molar-refractivity contribution is 0.0774. The predicted molar refractivity (Wildman–Crippen MR) is 88.9 cm³/mol. The summed E-state index contributed by atoms with van der Waals surface area (Å²) in [7, 11) is 0. The maximum atomic E-state index is 12.7. The van der Waals surface area contributed by atoms with Crippen LogP contribution in [0.4, 0.5) is 0 Å². The molecule has 110 valence electrons. The molecule has 0 N–H and O–H groups in total. The van der Waals surface area contributed by atoms with Crippen molar-refractivity contribution in [2.24, 2.45) is 0 Å². The standard InChI is InChI=1S/C18H20ClNO/c1-4-20(5-2)18(21)16-9-7-6-8-15(16)17-12-14(19)11-10-13(17)3/h6-12H,4-5H2,1-3H3. The van der Waals surface area contributed by atoms with E-state index in [1.807, 2.05) is 68.1 Å². The van der Waals surface area contributed by atoms with Gasteiger partial charge in [-0.1, -0.05) is 35.9 Å². The van der Waals surface area contributed by atoms with Gasteiger partial charge in [0.25, 0.3) is 5.91 Å². The molecule has 0 heterocycles. The zero-order valence-corrected chi connectivity index (χ0v) is 13.4.